The molecule has 0 radical (unpaired) electrons. The Balaban J connectivity index is 0.00000146. The topological polar surface area (TPSA) is 99.1 Å². The number of benzene rings is 2. The number of hydrogen-bond donors (Lipinski definition) is 4. The molecule has 4 atom stereocenters. The number of phenols is 1. The Morgan fingerprint density at radius 1 is 1.02 bits per heavy atom. The number of carbonyl (C=O) groups excluding carboxylic acids is 2. The number of amides is 1. The van der Waals surface area contributed by atoms with Crippen molar-refractivity contribution in [2.24, 2.45) is 0 Å². The van der Waals surface area contributed by atoms with Crippen molar-refractivity contribution in [1.29, 1.82) is 0 Å². The molecule has 292 valence electrons. The molecule has 0 saturated carbocycles. The number of ketones is 1. The number of rotatable bonds is 18. The zero-order chi connectivity index (χ0) is 40.0. The number of ether oxygens (including phenoxy) is 1. The first-order chi connectivity index (χ1) is 24.5. The van der Waals surface area contributed by atoms with E-state index < -0.39 is 23.9 Å². The Kier molecular flexibility index (Phi) is 23.7. The van der Waals surface area contributed by atoms with E-state index >= 15 is 0 Å². The molecule has 0 aromatic heterocycles. The predicted octanol–water partition coefficient (Wildman–Crippen LogP) is 9.75. The van der Waals surface area contributed by atoms with Crippen LogP contribution in [0, 0.1) is 0 Å². The minimum Gasteiger partial charge on any atom is -0.508 e. The van der Waals surface area contributed by atoms with Crippen molar-refractivity contribution in [3.05, 3.63) is 89.5 Å². The SMILES string of the molecule is C=C(c1ccc(C(F)(F)F)cc1OC)N(C(C)=O)C(C(/C=C\C(C)O)=C/CC)C(C)c1ccc(O)cc1.CCCCC(CCC)NCC(C)=O.CS. The molecular formula is C41H61F3N2O5S. The molecule has 2 aromatic rings. The van der Waals surface area contributed by atoms with E-state index in [0.717, 1.165) is 17.7 Å². The van der Waals surface area contributed by atoms with Gasteiger partial charge in [0.15, 0.2) is 0 Å². The second kappa shape index (κ2) is 25.4. The van der Waals surface area contributed by atoms with E-state index in [1.165, 1.54) is 57.1 Å². The maximum Gasteiger partial charge on any atom is 0.416 e. The Bertz CT molecular complexity index is 1420. The van der Waals surface area contributed by atoms with E-state index in [9.17, 15) is 33.0 Å². The molecule has 0 heterocycles. The number of hydrogen-bond acceptors (Lipinski definition) is 7. The van der Waals surface area contributed by atoms with Gasteiger partial charge in [0.1, 0.15) is 17.3 Å². The van der Waals surface area contributed by atoms with Gasteiger partial charge >= 0.3 is 6.18 Å². The standard InChI is InChI=1S/C29H34F3NO4.C11H23NO.CH4S/c1-7-8-23(10-9-18(2)34)28(19(3)22-11-14-25(36)15-12-22)33(21(5)35)20(4)26-16-13-24(29(30,31)32)17-27(26)37-6;1-4-6-8-11(7-5-2)12-9-10(3)13;1-2/h8-19,28,34,36H,4,7H2,1-3,5-6H3;11-12H,4-9H2,1-3H3;2H,1H3/b10-9-,23-8+;;. The lowest BCUT2D eigenvalue weighted by molar-refractivity contribution is -0.137. The second-order valence-electron chi connectivity index (χ2n) is 12.5. The molecule has 0 aliphatic heterocycles. The highest BCUT2D eigenvalue weighted by Crippen LogP contribution is 2.39. The van der Waals surface area contributed by atoms with Gasteiger partial charge in [-0.3, -0.25) is 9.59 Å². The summed E-state index contributed by atoms with van der Waals surface area (Å²) in [6.07, 6.45) is 8.36. The Morgan fingerprint density at radius 2 is 1.63 bits per heavy atom. The van der Waals surface area contributed by atoms with Crippen molar-refractivity contribution in [3.63, 3.8) is 0 Å². The van der Waals surface area contributed by atoms with E-state index in [4.69, 9.17) is 4.74 Å². The number of allylic oxidation sites excluding steroid dienone is 1. The van der Waals surface area contributed by atoms with Crippen molar-refractivity contribution in [1.82, 2.24) is 10.2 Å². The number of unbranched alkanes of at least 4 members (excludes halogenated alkanes) is 1. The maximum atomic E-state index is 13.3. The summed E-state index contributed by atoms with van der Waals surface area (Å²) in [5.41, 5.74) is 1.06. The van der Waals surface area contributed by atoms with Gasteiger partial charge in [-0.1, -0.05) is 83.9 Å². The van der Waals surface area contributed by atoms with E-state index in [1.807, 2.05) is 19.9 Å². The lowest BCUT2D eigenvalue weighted by Crippen LogP contribution is -2.41. The Hall–Kier alpha value is -3.54. The molecule has 4 unspecified atom stereocenters. The van der Waals surface area contributed by atoms with Gasteiger partial charge in [-0.05, 0) is 80.8 Å². The molecule has 0 bridgehead atoms. The van der Waals surface area contributed by atoms with Crippen LogP contribution in [0.2, 0.25) is 0 Å². The summed E-state index contributed by atoms with van der Waals surface area (Å²) in [7, 11) is 1.26. The predicted molar refractivity (Wildman–Crippen MR) is 211 cm³/mol. The molecule has 0 aliphatic rings. The molecule has 7 nitrogen and oxygen atoms in total. The third-order valence-electron chi connectivity index (χ3n) is 8.17. The molecule has 3 N–H and O–H groups in total. The van der Waals surface area contributed by atoms with Gasteiger partial charge < -0.3 is 25.2 Å². The summed E-state index contributed by atoms with van der Waals surface area (Å²) in [6, 6.07) is 9.54. The first-order valence-corrected chi connectivity index (χ1v) is 18.7. The molecule has 2 rings (SSSR count). The summed E-state index contributed by atoms with van der Waals surface area (Å²) >= 11 is 3.53. The molecule has 1 amide bonds. The van der Waals surface area contributed by atoms with Gasteiger partial charge in [0.25, 0.3) is 0 Å². The monoisotopic (exact) mass is 750 g/mol. The fraction of sp³-hybridized carbons (Fsp3) is 0.512. The lowest BCUT2D eigenvalue weighted by Gasteiger charge is -2.38. The molecule has 52 heavy (non-hydrogen) atoms. The maximum absolute atomic E-state index is 13.3. The number of aliphatic hydroxyl groups is 1. The zero-order valence-corrected chi connectivity index (χ0v) is 33.3. The van der Waals surface area contributed by atoms with Gasteiger partial charge in [0.2, 0.25) is 5.91 Å². The van der Waals surface area contributed by atoms with Crippen LogP contribution in [-0.2, 0) is 15.8 Å². The van der Waals surface area contributed by atoms with Crippen molar-refractivity contribution >= 4 is 30.0 Å². The van der Waals surface area contributed by atoms with Gasteiger partial charge in [-0.2, -0.15) is 25.8 Å². The third kappa shape index (κ3) is 16.9. The van der Waals surface area contributed by atoms with Crippen molar-refractivity contribution in [2.75, 3.05) is 19.9 Å². The zero-order valence-electron chi connectivity index (χ0n) is 32.4. The normalized spacial score (nSPS) is 13.8. The van der Waals surface area contributed by atoms with E-state index in [-0.39, 0.29) is 40.4 Å². The average molecular weight is 751 g/mol. The number of methoxy groups -OCH3 is 1. The van der Waals surface area contributed by atoms with Crippen LogP contribution in [0.1, 0.15) is 110 Å². The number of aliphatic hydroxyl groups excluding tert-OH is 1. The van der Waals surface area contributed by atoms with Crippen LogP contribution < -0.4 is 10.1 Å². The van der Waals surface area contributed by atoms with Crippen LogP contribution in [0.5, 0.6) is 11.5 Å². The van der Waals surface area contributed by atoms with Crippen LogP contribution in [0.25, 0.3) is 5.70 Å². The van der Waals surface area contributed by atoms with Gasteiger partial charge in [0, 0.05) is 30.1 Å². The van der Waals surface area contributed by atoms with Gasteiger partial charge in [-0.15, -0.1) is 0 Å². The fourth-order valence-electron chi connectivity index (χ4n) is 5.62. The molecule has 11 heteroatoms. The number of aromatic hydroxyl groups is 1. The highest BCUT2D eigenvalue weighted by molar-refractivity contribution is 7.79. The summed E-state index contributed by atoms with van der Waals surface area (Å²) < 4.78 is 45.2. The van der Waals surface area contributed by atoms with Gasteiger partial charge in [0.05, 0.1) is 31.4 Å². The molecule has 0 spiro atoms. The summed E-state index contributed by atoms with van der Waals surface area (Å²) in [5, 5.41) is 23.0. The number of phenolic OH excluding ortho intramolecular Hbond substituents is 1. The minimum absolute atomic E-state index is 0.0670. The summed E-state index contributed by atoms with van der Waals surface area (Å²) in [5.74, 6) is -0.457. The van der Waals surface area contributed by atoms with Crippen molar-refractivity contribution in [3.8, 4) is 11.5 Å². The summed E-state index contributed by atoms with van der Waals surface area (Å²) in [6.45, 7) is 17.5. The van der Waals surface area contributed by atoms with E-state index in [2.05, 4.69) is 38.4 Å². The molecule has 2 aromatic carbocycles. The minimum atomic E-state index is -4.56. The van der Waals surface area contributed by atoms with Crippen molar-refractivity contribution < 1.29 is 37.7 Å². The summed E-state index contributed by atoms with van der Waals surface area (Å²) in [4.78, 5) is 25.4. The number of nitrogens with zero attached hydrogens (tertiary/aromatic N) is 1. The van der Waals surface area contributed by atoms with Crippen LogP contribution in [0.3, 0.4) is 0 Å². The number of nitrogens with one attached hydrogen (secondary N) is 1. The number of thiol groups is 1. The van der Waals surface area contributed by atoms with Crippen molar-refractivity contribution in [2.45, 2.75) is 117 Å². The smallest absolute Gasteiger partial charge is 0.416 e. The number of halogens is 3. The first-order valence-electron chi connectivity index (χ1n) is 17.8. The Morgan fingerprint density at radius 3 is 2.10 bits per heavy atom. The van der Waals surface area contributed by atoms with E-state index in [0.29, 0.717) is 24.6 Å². The largest absolute Gasteiger partial charge is 0.508 e. The molecule has 0 fully saturated rings. The number of carbonyl (C=O) groups is 2. The third-order valence-corrected chi connectivity index (χ3v) is 8.17. The molecule has 0 saturated heterocycles. The molecule has 0 aliphatic carbocycles. The highest BCUT2D eigenvalue weighted by Gasteiger charge is 2.35. The fourth-order valence-corrected chi connectivity index (χ4v) is 5.62. The number of Topliss-reactive ketones (excluding diaryl/α,β-unsaturated/α-hetero) is 1. The highest BCUT2D eigenvalue weighted by atomic mass is 32.1. The van der Waals surface area contributed by atoms with Crippen LogP contribution >= 0.6 is 12.6 Å². The second-order valence-corrected chi connectivity index (χ2v) is 12.5. The molecular weight excluding hydrogens is 690 g/mol. The first kappa shape index (κ1) is 48.5. The average Bonchev–Trinajstić information content (AvgIpc) is 3.10. The van der Waals surface area contributed by atoms with Gasteiger partial charge in [-0.25, -0.2) is 0 Å². The quantitative estimate of drug-likeness (QED) is 0.0895. The van der Waals surface area contributed by atoms with Crippen LogP contribution in [0.4, 0.5) is 13.2 Å². The number of alkyl halides is 3. The van der Waals surface area contributed by atoms with Crippen LogP contribution in [-0.4, -0.2) is 64.9 Å². The van der Waals surface area contributed by atoms with Crippen LogP contribution in [0.15, 0.2) is 72.8 Å². The lowest BCUT2D eigenvalue weighted by atomic mass is 9.85. The van der Waals surface area contributed by atoms with E-state index in [1.54, 1.807) is 56.5 Å². The Labute approximate surface area is 315 Å².